The summed E-state index contributed by atoms with van der Waals surface area (Å²) in [6.07, 6.45) is 1.52. The largest absolute Gasteiger partial charge is 0.457 e. The lowest BCUT2D eigenvalue weighted by molar-refractivity contribution is -0.157. The summed E-state index contributed by atoms with van der Waals surface area (Å²) in [5, 5.41) is 0. The summed E-state index contributed by atoms with van der Waals surface area (Å²) in [6, 6.07) is 0. The smallest absolute Gasteiger partial charge is 0.375 e. The molecule has 0 N–H and O–H groups in total. The van der Waals surface area contributed by atoms with Gasteiger partial charge in [-0.25, -0.2) is 4.79 Å². The Morgan fingerprint density at radius 3 is 2.27 bits per heavy atom. The first kappa shape index (κ1) is 8.24. The van der Waals surface area contributed by atoms with E-state index in [9.17, 15) is 9.59 Å². The molecule has 0 aromatic rings. The standard InChI is InChI=1S/C8H12O3/c1-5(2)11-8(10)7(9)6-3-4-6/h5-6H,3-4H2,1-2H3. The van der Waals surface area contributed by atoms with Gasteiger partial charge in [0, 0.05) is 5.92 Å². The van der Waals surface area contributed by atoms with Crippen LogP contribution in [0.4, 0.5) is 0 Å². The van der Waals surface area contributed by atoms with Crippen molar-refractivity contribution >= 4 is 11.8 Å². The zero-order chi connectivity index (χ0) is 8.43. The molecule has 1 saturated carbocycles. The molecule has 0 radical (unpaired) electrons. The number of carbonyl (C=O) groups is 2. The molecular weight excluding hydrogens is 144 g/mol. The summed E-state index contributed by atoms with van der Waals surface area (Å²) < 4.78 is 4.72. The van der Waals surface area contributed by atoms with Crippen LogP contribution < -0.4 is 0 Å². The summed E-state index contributed by atoms with van der Waals surface area (Å²) in [7, 11) is 0. The van der Waals surface area contributed by atoms with E-state index in [4.69, 9.17) is 4.74 Å². The van der Waals surface area contributed by atoms with E-state index >= 15 is 0 Å². The second-order valence-electron chi connectivity index (χ2n) is 3.09. The van der Waals surface area contributed by atoms with Crippen LogP contribution in [0.5, 0.6) is 0 Å². The Hall–Kier alpha value is -0.860. The second-order valence-corrected chi connectivity index (χ2v) is 3.09. The number of ketones is 1. The van der Waals surface area contributed by atoms with Crippen molar-refractivity contribution in [3.05, 3.63) is 0 Å². The molecule has 0 unspecified atom stereocenters. The van der Waals surface area contributed by atoms with Gasteiger partial charge < -0.3 is 4.74 Å². The Morgan fingerprint density at radius 2 is 1.91 bits per heavy atom. The third-order valence-electron chi connectivity index (χ3n) is 1.49. The monoisotopic (exact) mass is 156 g/mol. The van der Waals surface area contributed by atoms with Crippen LogP contribution in [0.3, 0.4) is 0 Å². The van der Waals surface area contributed by atoms with Gasteiger partial charge in [0.15, 0.2) is 0 Å². The highest BCUT2D eigenvalue weighted by atomic mass is 16.5. The molecule has 0 spiro atoms. The normalized spacial score (nSPS) is 16.6. The zero-order valence-corrected chi connectivity index (χ0v) is 6.79. The quantitative estimate of drug-likeness (QED) is 0.450. The van der Waals surface area contributed by atoms with Gasteiger partial charge >= 0.3 is 5.97 Å². The molecule has 62 valence electrons. The Balaban J connectivity index is 2.34. The van der Waals surface area contributed by atoms with Gasteiger partial charge in [-0.2, -0.15) is 0 Å². The minimum atomic E-state index is -0.664. The number of rotatable bonds is 3. The van der Waals surface area contributed by atoms with Crippen LogP contribution >= 0.6 is 0 Å². The number of carbonyl (C=O) groups excluding carboxylic acids is 2. The fourth-order valence-electron chi connectivity index (χ4n) is 0.784. The van der Waals surface area contributed by atoms with E-state index in [1.54, 1.807) is 13.8 Å². The van der Waals surface area contributed by atoms with Crippen molar-refractivity contribution in [2.24, 2.45) is 5.92 Å². The lowest BCUT2D eigenvalue weighted by Crippen LogP contribution is -2.22. The Bertz CT molecular complexity index is 180. The number of ether oxygens (including phenoxy) is 1. The molecule has 0 atom stereocenters. The maximum Gasteiger partial charge on any atom is 0.375 e. The highest BCUT2D eigenvalue weighted by molar-refractivity contribution is 6.35. The average molecular weight is 156 g/mol. The molecule has 0 aromatic heterocycles. The Labute approximate surface area is 65.7 Å². The molecule has 0 saturated heterocycles. The van der Waals surface area contributed by atoms with Gasteiger partial charge in [-0.05, 0) is 26.7 Å². The van der Waals surface area contributed by atoms with Crippen molar-refractivity contribution in [3.8, 4) is 0 Å². The summed E-state index contributed by atoms with van der Waals surface area (Å²) in [5.41, 5.74) is 0. The van der Waals surface area contributed by atoms with Gasteiger partial charge in [-0.3, -0.25) is 4.79 Å². The van der Waals surface area contributed by atoms with Gasteiger partial charge in [0.25, 0.3) is 0 Å². The van der Waals surface area contributed by atoms with Crippen LogP contribution in [-0.2, 0) is 14.3 Å². The van der Waals surface area contributed by atoms with Crippen LogP contribution in [0.2, 0.25) is 0 Å². The first-order valence-corrected chi connectivity index (χ1v) is 3.86. The molecule has 1 aliphatic carbocycles. The molecule has 0 aliphatic heterocycles. The van der Waals surface area contributed by atoms with Crippen LogP contribution in [0, 0.1) is 5.92 Å². The van der Waals surface area contributed by atoms with Crippen LogP contribution in [0.25, 0.3) is 0 Å². The van der Waals surface area contributed by atoms with E-state index < -0.39 is 5.97 Å². The van der Waals surface area contributed by atoms with Gasteiger partial charge in [0.2, 0.25) is 5.78 Å². The highest BCUT2D eigenvalue weighted by Crippen LogP contribution is 2.30. The topological polar surface area (TPSA) is 43.4 Å². The van der Waals surface area contributed by atoms with Crippen molar-refractivity contribution in [2.75, 3.05) is 0 Å². The van der Waals surface area contributed by atoms with E-state index in [-0.39, 0.29) is 17.8 Å². The first-order valence-electron chi connectivity index (χ1n) is 3.86. The highest BCUT2D eigenvalue weighted by Gasteiger charge is 2.35. The van der Waals surface area contributed by atoms with Gasteiger partial charge in [0.05, 0.1) is 6.10 Å². The van der Waals surface area contributed by atoms with Crippen molar-refractivity contribution in [1.29, 1.82) is 0 Å². The molecule has 0 bridgehead atoms. The maximum absolute atomic E-state index is 11.0. The van der Waals surface area contributed by atoms with Crippen LogP contribution in [0.1, 0.15) is 26.7 Å². The van der Waals surface area contributed by atoms with Crippen LogP contribution in [0.15, 0.2) is 0 Å². The molecule has 1 rings (SSSR count). The zero-order valence-electron chi connectivity index (χ0n) is 6.79. The van der Waals surface area contributed by atoms with E-state index in [0.717, 1.165) is 12.8 Å². The molecular formula is C8H12O3. The minimum absolute atomic E-state index is 0.0266. The predicted molar refractivity (Wildman–Crippen MR) is 39.0 cm³/mol. The molecule has 3 nitrogen and oxygen atoms in total. The summed E-state index contributed by atoms with van der Waals surface area (Å²) in [5.74, 6) is -1.04. The molecule has 1 aliphatic rings. The number of hydrogen-bond acceptors (Lipinski definition) is 3. The van der Waals surface area contributed by atoms with Crippen molar-refractivity contribution in [2.45, 2.75) is 32.8 Å². The van der Waals surface area contributed by atoms with E-state index in [1.807, 2.05) is 0 Å². The van der Waals surface area contributed by atoms with E-state index in [2.05, 4.69) is 0 Å². The Morgan fingerprint density at radius 1 is 1.36 bits per heavy atom. The number of esters is 1. The fraction of sp³-hybridized carbons (Fsp3) is 0.750. The van der Waals surface area contributed by atoms with Crippen molar-refractivity contribution in [1.82, 2.24) is 0 Å². The lowest BCUT2D eigenvalue weighted by atomic mass is 10.3. The van der Waals surface area contributed by atoms with Crippen molar-refractivity contribution < 1.29 is 14.3 Å². The van der Waals surface area contributed by atoms with E-state index in [0.29, 0.717) is 0 Å². The minimum Gasteiger partial charge on any atom is -0.457 e. The van der Waals surface area contributed by atoms with Crippen LogP contribution in [-0.4, -0.2) is 17.9 Å². The molecule has 11 heavy (non-hydrogen) atoms. The predicted octanol–water partition coefficient (Wildman–Crippen LogP) is 0.917. The van der Waals surface area contributed by atoms with Gasteiger partial charge in [-0.15, -0.1) is 0 Å². The number of hydrogen-bond donors (Lipinski definition) is 0. The third-order valence-corrected chi connectivity index (χ3v) is 1.49. The number of Topliss-reactive ketones (excluding diaryl/α,β-unsaturated/α-hetero) is 1. The Kier molecular flexibility index (Phi) is 2.27. The fourth-order valence-corrected chi connectivity index (χ4v) is 0.784. The van der Waals surface area contributed by atoms with Gasteiger partial charge in [-0.1, -0.05) is 0 Å². The molecule has 1 fully saturated rings. The summed E-state index contributed by atoms with van der Waals surface area (Å²) in [6.45, 7) is 3.47. The average Bonchev–Trinajstić information content (AvgIpc) is 2.65. The van der Waals surface area contributed by atoms with Gasteiger partial charge in [0.1, 0.15) is 0 Å². The molecule has 3 heteroatoms. The maximum atomic E-state index is 11.0. The SMILES string of the molecule is CC(C)OC(=O)C(=O)C1CC1. The molecule has 0 heterocycles. The van der Waals surface area contributed by atoms with Crippen molar-refractivity contribution in [3.63, 3.8) is 0 Å². The summed E-state index contributed by atoms with van der Waals surface area (Å²) in [4.78, 5) is 21.8. The molecule has 0 amide bonds. The first-order chi connectivity index (χ1) is 5.11. The summed E-state index contributed by atoms with van der Waals surface area (Å²) >= 11 is 0. The lowest BCUT2D eigenvalue weighted by Gasteiger charge is -2.05. The third kappa shape index (κ3) is 2.33. The van der Waals surface area contributed by atoms with E-state index in [1.165, 1.54) is 0 Å². The second kappa shape index (κ2) is 3.03. The molecule has 0 aromatic carbocycles.